The van der Waals surface area contributed by atoms with Gasteiger partial charge in [0.25, 0.3) is 0 Å². The third-order valence-corrected chi connectivity index (χ3v) is 6.69. The van der Waals surface area contributed by atoms with E-state index in [0.29, 0.717) is 6.42 Å². The first kappa shape index (κ1) is 19.1. The van der Waals surface area contributed by atoms with E-state index < -0.39 is 0 Å². The highest BCUT2D eigenvalue weighted by molar-refractivity contribution is 8.00. The van der Waals surface area contributed by atoms with Crippen molar-refractivity contribution in [1.29, 1.82) is 0 Å². The van der Waals surface area contributed by atoms with Gasteiger partial charge in [0.15, 0.2) is 0 Å². The van der Waals surface area contributed by atoms with Crippen molar-refractivity contribution in [1.82, 2.24) is 5.32 Å². The van der Waals surface area contributed by atoms with Crippen LogP contribution in [0.5, 0.6) is 0 Å². The predicted molar refractivity (Wildman–Crippen MR) is 114 cm³/mol. The van der Waals surface area contributed by atoms with E-state index in [-0.39, 0.29) is 29.1 Å². The van der Waals surface area contributed by atoms with Gasteiger partial charge in [-0.05, 0) is 56.4 Å². The summed E-state index contributed by atoms with van der Waals surface area (Å²) in [6, 6.07) is 16.2. The number of para-hydroxylation sites is 1. The summed E-state index contributed by atoms with van der Waals surface area (Å²) >= 11 is 1.70. The fourth-order valence-electron chi connectivity index (χ4n) is 4.15. The Balaban J connectivity index is 1.54. The molecule has 0 saturated heterocycles. The van der Waals surface area contributed by atoms with Crippen molar-refractivity contribution in [2.75, 3.05) is 11.4 Å². The summed E-state index contributed by atoms with van der Waals surface area (Å²) < 4.78 is -0.194. The molecule has 2 aliphatic rings. The highest BCUT2D eigenvalue weighted by atomic mass is 32.2. The number of benzene rings is 2. The first-order valence-electron chi connectivity index (χ1n) is 9.88. The van der Waals surface area contributed by atoms with Crippen LogP contribution in [0, 0.1) is 0 Å². The van der Waals surface area contributed by atoms with Crippen LogP contribution in [0.3, 0.4) is 0 Å². The first-order chi connectivity index (χ1) is 13.4. The Morgan fingerprint density at radius 3 is 2.79 bits per heavy atom. The molecule has 0 saturated carbocycles. The van der Waals surface area contributed by atoms with Crippen LogP contribution >= 0.6 is 11.8 Å². The Hall–Kier alpha value is -2.27. The molecule has 1 atom stereocenters. The number of fused-ring (bicyclic) bond motifs is 2. The number of hydrogen-bond donors (Lipinski definition) is 1. The first-order valence-corrected chi connectivity index (χ1v) is 10.7. The molecular weight excluding hydrogens is 368 g/mol. The standard InChI is InChI=1S/C23H26N2O2S/c1-23(2)14-22(27)25(19-12-5-6-13-20(19)28-23)15-21(26)24-18-11-7-9-16-8-3-4-10-17(16)18/h3-6,8,10,12-13,18H,7,9,11,14-15H2,1-2H3,(H,24,26). The molecule has 146 valence electrons. The van der Waals surface area contributed by atoms with Gasteiger partial charge in [0, 0.05) is 16.1 Å². The lowest BCUT2D eigenvalue weighted by atomic mass is 9.88. The van der Waals surface area contributed by atoms with Gasteiger partial charge in [-0.15, -0.1) is 11.8 Å². The normalized spacial score (nSPS) is 20.7. The average molecular weight is 395 g/mol. The minimum atomic E-state index is -0.194. The van der Waals surface area contributed by atoms with E-state index in [1.807, 2.05) is 30.3 Å². The van der Waals surface area contributed by atoms with E-state index in [4.69, 9.17) is 0 Å². The predicted octanol–water partition coefficient (Wildman–Crippen LogP) is 4.49. The summed E-state index contributed by atoms with van der Waals surface area (Å²) in [6.07, 6.45) is 3.48. The number of aryl methyl sites for hydroxylation is 1. The van der Waals surface area contributed by atoms with Crippen LogP contribution < -0.4 is 10.2 Å². The summed E-state index contributed by atoms with van der Waals surface area (Å²) in [4.78, 5) is 28.6. The number of nitrogens with one attached hydrogen (secondary N) is 1. The molecule has 5 heteroatoms. The van der Waals surface area contributed by atoms with Gasteiger partial charge in [-0.2, -0.15) is 0 Å². The maximum Gasteiger partial charge on any atom is 0.240 e. The summed E-state index contributed by atoms with van der Waals surface area (Å²) in [5, 5.41) is 3.18. The van der Waals surface area contributed by atoms with E-state index in [9.17, 15) is 9.59 Å². The Labute approximate surface area is 170 Å². The van der Waals surface area contributed by atoms with Crippen LogP contribution in [0.25, 0.3) is 0 Å². The van der Waals surface area contributed by atoms with Crippen molar-refractivity contribution >= 4 is 29.3 Å². The molecule has 0 aromatic heterocycles. The average Bonchev–Trinajstić information content (AvgIpc) is 2.75. The largest absolute Gasteiger partial charge is 0.348 e. The third-order valence-electron chi connectivity index (χ3n) is 5.43. The van der Waals surface area contributed by atoms with E-state index in [1.54, 1.807) is 16.7 Å². The molecule has 4 nitrogen and oxygen atoms in total. The number of thioether (sulfide) groups is 1. The minimum Gasteiger partial charge on any atom is -0.348 e. The van der Waals surface area contributed by atoms with Gasteiger partial charge in [0.05, 0.1) is 11.7 Å². The quantitative estimate of drug-likeness (QED) is 0.835. The molecule has 1 unspecified atom stereocenters. The molecule has 2 aromatic carbocycles. The molecule has 2 amide bonds. The van der Waals surface area contributed by atoms with E-state index in [0.717, 1.165) is 29.8 Å². The van der Waals surface area contributed by atoms with E-state index >= 15 is 0 Å². The molecular formula is C23H26N2O2S. The van der Waals surface area contributed by atoms with Crippen LogP contribution in [0.4, 0.5) is 5.69 Å². The number of carbonyl (C=O) groups is 2. The summed E-state index contributed by atoms with van der Waals surface area (Å²) in [6.45, 7) is 4.22. The zero-order valence-electron chi connectivity index (χ0n) is 16.4. The fraction of sp³-hybridized carbons (Fsp3) is 0.391. The molecule has 2 aromatic rings. The zero-order valence-corrected chi connectivity index (χ0v) is 17.2. The number of anilines is 1. The number of rotatable bonds is 3. The van der Waals surface area contributed by atoms with Crippen molar-refractivity contribution in [3.63, 3.8) is 0 Å². The summed E-state index contributed by atoms with van der Waals surface area (Å²) in [7, 11) is 0. The summed E-state index contributed by atoms with van der Waals surface area (Å²) in [5.74, 6) is -0.101. The van der Waals surface area contributed by atoms with Crippen LogP contribution in [0.1, 0.15) is 50.3 Å². The van der Waals surface area contributed by atoms with Crippen molar-refractivity contribution in [3.8, 4) is 0 Å². The molecule has 1 aliphatic carbocycles. The number of carbonyl (C=O) groups excluding carboxylic acids is 2. The molecule has 0 fully saturated rings. The highest BCUT2D eigenvalue weighted by Crippen LogP contribution is 2.43. The van der Waals surface area contributed by atoms with Crippen LogP contribution in [0.15, 0.2) is 53.4 Å². The Morgan fingerprint density at radius 2 is 1.93 bits per heavy atom. The Kier molecular flexibility index (Phi) is 5.19. The van der Waals surface area contributed by atoms with E-state index in [2.05, 4.69) is 37.4 Å². The Bertz CT molecular complexity index is 909. The van der Waals surface area contributed by atoms with Crippen molar-refractivity contribution in [3.05, 3.63) is 59.7 Å². The molecule has 1 N–H and O–H groups in total. The summed E-state index contributed by atoms with van der Waals surface area (Å²) in [5.41, 5.74) is 3.36. The van der Waals surface area contributed by atoms with Gasteiger partial charge >= 0.3 is 0 Å². The third kappa shape index (κ3) is 3.95. The fourth-order valence-corrected chi connectivity index (χ4v) is 5.38. The number of amides is 2. The Morgan fingerprint density at radius 1 is 1.18 bits per heavy atom. The minimum absolute atomic E-state index is 0.00152. The molecule has 4 rings (SSSR count). The van der Waals surface area contributed by atoms with Crippen molar-refractivity contribution < 1.29 is 9.59 Å². The van der Waals surface area contributed by atoms with Crippen molar-refractivity contribution in [2.24, 2.45) is 0 Å². The van der Waals surface area contributed by atoms with E-state index in [1.165, 1.54) is 11.1 Å². The SMILES string of the molecule is CC1(C)CC(=O)N(CC(=O)NC2CCCc3ccccc32)c2ccccc2S1. The van der Waals surface area contributed by atoms with Gasteiger partial charge in [-0.1, -0.05) is 36.4 Å². The lowest BCUT2D eigenvalue weighted by molar-refractivity contribution is -0.124. The zero-order chi connectivity index (χ0) is 19.7. The van der Waals surface area contributed by atoms with Gasteiger partial charge in [-0.25, -0.2) is 0 Å². The van der Waals surface area contributed by atoms with Gasteiger partial charge < -0.3 is 10.2 Å². The van der Waals surface area contributed by atoms with Gasteiger partial charge in [0.2, 0.25) is 11.8 Å². The van der Waals surface area contributed by atoms with Gasteiger partial charge in [0.1, 0.15) is 6.54 Å². The van der Waals surface area contributed by atoms with Crippen LogP contribution in [-0.2, 0) is 16.0 Å². The second kappa shape index (κ2) is 7.63. The maximum atomic E-state index is 13.0. The van der Waals surface area contributed by atoms with Gasteiger partial charge in [-0.3, -0.25) is 9.59 Å². The topological polar surface area (TPSA) is 49.4 Å². The highest BCUT2D eigenvalue weighted by Gasteiger charge is 2.34. The molecule has 1 heterocycles. The monoisotopic (exact) mass is 394 g/mol. The van der Waals surface area contributed by atoms with Crippen molar-refractivity contribution in [2.45, 2.75) is 55.2 Å². The molecule has 0 bridgehead atoms. The molecule has 0 spiro atoms. The number of hydrogen-bond acceptors (Lipinski definition) is 3. The van der Waals surface area contributed by atoms with Crippen LogP contribution in [0.2, 0.25) is 0 Å². The van der Waals surface area contributed by atoms with Crippen LogP contribution in [-0.4, -0.2) is 23.1 Å². The maximum absolute atomic E-state index is 13.0. The molecule has 0 radical (unpaired) electrons. The lowest BCUT2D eigenvalue weighted by Crippen LogP contribution is -2.43. The number of nitrogens with zero attached hydrogens (tertiary/aromatic N) is 1. The second-order valence-corrected chi connectivity index (χ2v) is 9.95. The second-order valence-electron chi connectivity index (χ2n) is 8.20. The molecule has 28 heavy (non-hydrogen) atoms. The molecule has 1 aliphatic heterocycles. The lowest BCUT2D eigenvalue weighted by Gasteiger charge is -2.28. The smallest absolute Gasteiger partial charge is 0.240 e.